The lowest BCUT2D eigenvalue weighted by molar-refractivity contribution is -0.118. The van der Waals surface area contributed by atoms with Crippen molar-refractivity contribution < 1.29 is 4.79 Å². The van der Waals surface area contributed by atoms with E-state index in [1.54, 1.807) is 11.8 Å². The molecule has 0 unspecified atom stereocenters. The molecule has 1 heterocycles. The van der Waals surface area contributed by atoms with Crippen molar-refractivity contribution in [2.24, 2.45) is 0 Å². The largest absolute Gasteiger partial charge is 0.355 e. The van der Waals surface area contributed by atoms with Crippen LogP contribution in [-0.4, -0.2) is 23.5 Å². The van der Waals surface area contributed by atoms with Gasteiger partial charge in [-0.05, 0) is 17.9 Å². The molecule has 2 rings (SSSR count). The monoisotopic (exact) mass is 235 g/mol. The molecule has 0 aliphatic carbocycles. The first-order chi connectivity index (χ1) is 7.77. The van der Waals surface area contributed by atoms with Crippen molar-refractivity contribution in [2.45, 2.75) is 24.5 Å². The summed E-state index contributed by atoms with van der Waals surface area (Å²) in [4.78, 5) is 11.4. The van der Waals surface area contributed by atoms with E-state index in [4.69, 9.17) is 0 Å². The fourth-order valence-corrected chi connectivity index (χ4v) is 3.10. The third-order valence-electron chi connectivity index (χ3n) is 2.91. The van der Waals surface area contributed by atoms with Gasteiger partial charge in [-0.3, -0.25) is 4.79 Å². The Labute approximate surface area is 101 Å². The van der Waals surface area contributed by atoms with E-state index in [2.05, 4.69) is 36.5 Å². The van der Waals surface area contributed by atoms with Crippen LogP contribution < -0.4 is 5.32 Å². The Morgan fingerprint density at radius 3 is 2.81 bits per heavy atom. The highest BCUT2D eigenvalue weighted by Gasteiger charge is 2.24. The van der Waals surface area contributed by atoms with Gasteiger partial charge >= 0.3 is 0 Å². The summed E-state index contributed by atoms with van der Waals surface area (Å²) in [5, 5.41) is 3.05. The van der Waals surface area contributed by atoms with Crippen LogP contribution in [0.3, 0.4) is 0 Å². The minimum atomic E-state index is 0.172. The van der Waals surface area contributed by atoms with Gasteiger partial charge in [-0.1, -0.05) is 37.3 Å². The van der Waals surface area contributed by atoms with Crippen molar-refractivity contribution in [3.8, 4) is 0 Å². The summed E-state index contributed by atoms with van der Waals surface area (Å²) >= 11 is 1.78. The van der Waals surface area contributed by atoms with E-state index < -0.39 is 0 Å². The number of hydrogen-bond acceptors (Lipinski definition) is 2. The van der Waals surface area contributed by atoms with E-state index in [-0.39, 0.29) is 11.2 Å². The van der Waals surface area contributed by atoms with E-state index in [1.807, 2.05) is 6.07 Å². The van der Waals surface area contributed by atoms with Gasteiger partial charge in [0.25, 0.3) is 0 Å². The van der Waals surface area contributed by atoms with Crippen molar-refractivity contribution in [3.63, 3.8) is 0 Å². The number of carbonyl (C=O) groups is 1. The molecule has 1 fully saturated rings. The summed E-state index contributed by atoms with van der Waals surface area (Å²) in [6.07, 6.45) is 0.977. The van der Waals surface area contributed by atoms with Gasteiger partial charge < -0.3 is 5.32 Å². The van der Waals surface area contributed by atoms with Gasteiger partial charge in [0.05, 0.1) is 5.25 Å². The molecule has 0 aromatic heterocycles. The summed E-state index contributed by atoms with van der Waals surface area (Å²) in [7, 11) is 0. The molecule has 0 spiro atoms. The van der Waals surface area contributed by atoms with E-state index in [1.165, 1.54) is 5.56 Å². The maximum absolute atomic E-state index is 11.4. The molecule has 86 valence electrons. The predicted molar refractivity (Wildman–Crippen MR) is 68.7 cm³/mol. The van der Waals surface area contributed by atoms with Gasteiger partial charge in [0.2, 0.25) is 5.91 Å². The van der Waals surface area contributed by atoms with Gasteiger partial charge in [0, 0.05) is 12.3 Å². The van der Waals surface area contributed by atoms with Gasteiger partial charge in [-0.25, -0.2) is 0 Å². The van der Waals surface area contributed by atoms with Crippen LogP contribution in [0.4, 0.5) is 0 Å². The lowest BCUT2D eigenvalue weighted by atomic mass is 10.0. The van der Waals surface area contributed by atoms with E-state index >= 15 is 0 Å². The summed E-state index contributed by atoms with van der Waals surface area (Å²) in [6, 6.07) is 10.5. The first-order valence-corrected chi connectivity index (χ1v) is 6.76. The molecule has 2 atom stereocenters. The fourth-order valence-electron chi connectivity index (χ4n) is 1.87. The molecular formula is C13H17NOS. The third kappa shape index (κ3) is 2.79. The second-order valence-corrected chi connectivity index (χ2v) is 5.45. The standard InChI is InChI=1S/C13H17NOS/c1-10(11-5-3-2-4-6-11)9-16-12-7-8-14-13(12)15/h2-6,10,12H,7-9H2,1H3,(H,14,15)/t10-,12-/m0/s1. The molecule has 0 radical (unpaired) electrons. The quantitative estimate of drug-likeness (QED) is 0.868. The number of nitrogens with one attached hydrogen (secondary N) is 1. The fraction of sp³-hybridized carbons (Fsp3) is 0.462. The Hall–Kier alpha value is -0.960. The summed E-state index contributed by atoms with van der Waals surface area (Å²) in [5.74, 6) is 1.74. The van der Waals surface area contributed by atoms with Crippen molar-refractivity contribution in [3.05, 3.63) is 35.9 Å². The lowest BCUT2D eigenvalue weighted by Crippen LogP contribution is -2.21. The Kier molecular flexibility index (Phi) is 3.88. The molecule has 1 amide bonds. The molecule has 1 N–H and O–H groups in total. The lowest BCUT2D eigenvalue weighted by Gasteiger charge is -2.13. The molecule has 16 heavy (non-hydrogen) atoms. The highest BCUT2D eigenvalue weighted by atomic mass is 32.2. The van der Waals surface area contributed by atoms with Crippen LogP contribution in [0.1, 0.15) is 24.8 Å². The van der Waals surface area contributed by atoms with Gasteiger partial charge in [-0.2, -0.15) is 0 Å². The van der Waals surface area contributed by atoms with Crippen molar-refractivity contribution in [2.75, 3.05) is 12.3 Å². The number of benzene rings is 1. The van der Waals surface area contributed by atoms with Crippen LogP contribution >= 0.6 is 11.8 Å². The second kappa shape index (κ2) is 5.39. The molecular weight excluding hydrogens is 218 g/mol. The average molecular weight is 235 g/mol. The zero-order valence-electron chi connectivity index (χ0n) is 9.48. The van der Waals surface area contributed by atoms with Crippen molar-refractivity contribution >= 4 is 17.7 Å². The number of thioether (sulfide) groups is 1. The molecule has 1 saturated heterocycles. The predicted octanol–water partition coefficient (Wildman–Crippen LogP) is 2.41. The molecule has 1 aromatic carbocycles. The summed E-state index contributed by atoms with van der Waals surface area (Å²) < 4.78 is 0. The SMILES string of the molecule is C[C@@H](CS[C@H]1CCNC1=O)c1ccccc1. The molecule has 1 aromatic rings. The maximum atomic E-state index is 11.4. The molecule has 1 aliphatic heterocycles. The van der Waals surface area contributed by atoms with Crippen LogP contribution in [-0.2, 0) is 4.79 Å². The molecule has 0 bridgehead atoms. The number of carbonyl (C=O) groups excluding carboxylic acids is 1. The van der Waals surface area contributed by atoms with Crippen LogP contribution in [0.5, 0.6) is 0 Å². The normalized spacial score (nSPS) is 21.8. The molecule has 3 heteroatoms. The Morgan fingerprint density at radius 2 is 2.19 bits per heavy atom. The van der Waals surface area contributed by atoms with Gasteiger partial charge in [0.15, 0.2) is 0 Å². The van der Waals surface area contributed by atoms with Crippen LogP contribution in [0.25, 0.3) is 0 Å². The maximum Gasteiger partial charge on any atom is 0.233 e. The summed E-state index contributed by atoms with van der Waals surface area (Å²) in [5.41, 5.74) is 1.36. The molecule has 0 saturated carbocycles. The van der Waals surface area contributed by atoms with Gasteiger partial charge in [-0.15, -0.1) is 11.8 Å². The van der Waals surface area contributed by atoms with E-state index in [0.717, 1.165) is 18.7 Å². The summed E-state index contributed by atoms with van der Waals surface area (Å²) in [6.45, 7) is 3.06. The van der Waals surface area contributed by atoms with Crippen LogP contribution in [0.15, 0.2) is 30.3 Å². The first kappa shape index (κ1) is 11.5. The number of rotatable bonds is 4. The Bertz CT molecular complexity index is 352. The van der Waals surface area contributed by atoms with E-state index in [9.17, 15) is 4.79 Å². The third-order valence-corrected chi connectivity index (χ3v) is 4.46. The highest BCUT2D eigenvalue weighted by molar-refractivity contribution is 8.00. The van der Waals surface area contributed by atoms with Gasteiger partial charge in [0.1, 0.15) is 0 Å². The first-order valence-electron chi connectivity index (χ1n) is 5.71. The zero-order chi connectivity index (χ0) is 11.4. The van der Waals surface area contributed by atoms with Crippen molar-refractivity contribution in [1.29, 1.82) is 0 Å². The Balaban J connectivity index is 1.84. The average Bonchev–Trinajstić information content (AvgIpc) is 2.73. The number of amides is 1. The molecule has 2 nitrogen and oxygen atoms in total. The van der Waals surface area contributed by atoms with E-state index in [0.29, 0.717) is 5.92 Å². The smallest absolute Gasteiger partial charge is 0.233 e. The zero-order valence-corrected chi connectivity index (χ0v) is 10.3. The number of hydrogen-bond donors (Lipinski definition) is 1. The minimum Gasteiger partial charge on any atom is -0.355 e. The van der Waals surface area contributed by atoms with Crippen LogP contribution in [0.2, 0.25) is 0 Å². The van der Waals surface area contributed by atoms with Crippen molar-refractivity contribution in [1.82, 2.24) is 5.32 Å². The topological polar surface area (TPSA) is 29.1 Å². The van der Waals surface area contributed by atoms with Crippen LogP contribution in [0, 0.1) is 0 Å². The minimum absolute atomic E-state index is 0.172. The second-order valence-electron chi connectivity index (χ2n) is 4.21. The highest BCUT2D eigenvalue weighted by Crippen LogP contribution is 2.25. The Morgan fingerprint density at radius 1 is 1.44 bits per heavy atom. The molecule has 1 aliphatic rings.